The van der Waals surface area contributed by atoms with Gasteiger partial charge in [0, 0.05) is 5.56 Å². The Bertz CT molecular complexity index is 1010. The average molecular weight is 408 g/mol. The van der Waals surface area contributed by atoms with E-state index in [9.17, 15) is 9.18 Å². The standard InChI is InChI=1S/C23H21FN2O4/c1-28-21-7-4-5-17(13-21)15-30-22-8-3-2-6-18(22)14-25-26-23(27)16-29-20-11-9-19(24)10-12-20/h2-14H,15-16H2,1H3,(H,26,27)/b25-14-. The number of para-hydroxylation sites is 1. The third-order valence-electron chi connectivity index (χ3n) is 4.02. The van der Waals surface area contributed by atoms with Crippen LogP contribution >= 0.6 is 0 Å². The summed E-state index contributed by atoms with van der Waals surface area (Å²) in [6.07, 6.45) is 1.50. The van der Waals surface area contributed by atoms with E-state index in [1.807, 2.05) is 48.5 Å². The van der Waals surface area contributed by atoms with Crippen LogP contribution in [0.1, 0.15) is 11.1 Å². The number of nitrogens with one attached hydrogen (secondary N) is 1. The number of halogens is 1. The van der Waals surface area contributed by atoms with E-state index in [-0.39, 0.29) is 12.4 Å². The number of methoxy groups -OCH3 is 1. The molecule has 0 aliphatic rings. The summed E-state index contributed by atoms with van der Waals surface area (Å²) >= 11 is 0. The lowest BCUT2D eigenvalue weighted by Gasteiger charge is -2.10. The van der Waals surface area contributed by atoms with Gasteiger partial charge in [0.15, 0.2) is 6.61 Å². The molecule has 0 spiro atoms. The van der Waals surface area contributed by atoms with Gasteiger partial charge in [0.05, 0.1) is 13.3 Å². The number of hydrogen-bond donors (Lipinski definition) is 1. The molecular formula is C23H21FN2O4. The van der Waals surface area contributed by atoms with E-state index in [0.717, 1.165) is 11.3 Å². The number of hydrogen-bond acceptors (Lipinski definition) is 5. The third kappa shape index (κ3) is 6.34. The van der Waals surface area contributed by atoms with Crippen LogP contribution in [0.15, 0.2) is 77.9 Å². The topological polar surface area (TPSA) is 69.2 Å². The fraction of sp³-hybridized carbons (Fsp3) is 0.130. The molecule has 0 unspecified atom stereocenters. The molecule has 154 valence electrons. The van der Waals surface area contributed by atoms with Gasteiger partial charge in [-0.1, -0.05) is 24.3 Å². The molecule has 0 saturated carbocycles. The maximum atomic E-state index is 12.9. The summed E-state index contributed by atoms with van der Waals surface area (Å²) in [5, 5.41) is 3.95. The molecule has 1 amide bonds. The lowest BCUT2D eigenvalue weighted by Crippen LogP contribution is -2.24. The Hall–Kier alpha value is -3.87. The van der Waals surface area contributed by atoms with Crippen LogP contribution < -0.4 is 19.6 Å². The number of benzene rings is 3. The summed E-state index contributed by atoms with van der Waals surface area (Å²) in [4.78, 5) is 11.9. The van der Waals surface area contributed by atoms with Crippen molar-refractivity contribution in [1.29, 1.82) is 0 Å². The zero-order valence-corrected chi connectivity index (χ0v) is 16.4. The minimum atomic E-state index is -0.439. The van der Waals surface area contributed by atoms with Crippen molar-refractivity contribution in [3.05, 3.63) is 89.7 Å². The number of nitrogens with zero attached hydrogens (tertiary/aromatic N) is 1. The first-order valence-electron chi connectivity index (χ1n) is 9.19. The molecule has 0 fully saturated rings. The maximum absolute atomic E-state index is 12.9. The molecular weight excluding hydrogens is 387 g/mol. The Morgan fingerprint density at radius 2 is 1.80 bits per heavy atom. The van der Waals surface area contributed by atoms with Crippen LogP contribution in [0.5, 0.6) is 17.2 Å². The number of carbonyl (C=O) groups is 1. The molecule has 0 aromatic heterocycles. The number of carbonyl (C=O) groups excluding carboxylic acids is 1. The summed E-state index contributed by atoms with van der Waals surface area (Å²) < 4.78 is 29.2. The fourth-order valence-corrected chi connectivity index (χ4v) is 2.53. The first-order valence-corrected chi connectivity index (χ1v) is 9.19. The van der Waals surface area contributed by atoms with Gasteiger partial charge in [-0.2, -0.15) is 5.10 Å². The van der Waals surface area contributed by atoms with Crippen molar-refractivity contribution >= 4 is 12.1 Å². The highest BCUT2D eigenvalue weighted by molar-refractivity contribution is 5.85. The largest absolute Gasteiger partial charge is 0.497 e. The molecule has 0 radical (unpaired) electrons. The predicted molar refractivity (Wildman–Crippen MR) is 111 cm³/mol. The SMILES string of the molecule is COc1cccc(COc2ccccc2/C=N\NC(=O)COc2ccc(F)cc2)c1. The second-order valence-electron chi connectivity index (χ2n) is 6.21. The molecule has 0 aliphatic heterocycles. The van der Waals surface area contributed by atoms with E-state index in [2.05, 4.69) is 10.5 Å². The van der Waals surface area contributed by atoms with Crippen LogP contribution in [0.3, 0.4) is 0 Å². The maximum Gasteiger partial charge on any atom is 0.277 e. The molecule has 0 aliphatic carbocycles. The summed E-state index contributed by atoms with van der Waals surface area (Å²) in [6, 6.07) is 20.4. The number of rotatable bonds is 9. The molecule has 0 saturated heterocycles. The predicted octanol–water partition coefficient (Wildman–Crippen LogP) is 3.94. The van der Waals surface area contributed by atoms with Crippen molar-refractivity contribution in [3.8, 4) is 17.2 Å². The van der Waals surface area contributed by atoms with Crippen LogP contribution in [-0.4, -0.2) is 25.8 Å². The van der Waals surface area contributed by atoms with E-state index in [1.54, 1.807) is 7.11 Å². The summed E-state index contributed by atoms with van der Waals surface area (Å²) in [7, 11) is 1.62. The fourth-order valence-electron chi connectivity index (χ4n) is 2.53. The van der Waals surface area contributed by atoms with Crippen LogP contribution in [-0.2, 0) is 11.4 Å². The third-order valence-corrected chi connectivity index (χ3v) is 4.02. The molecule has 0 bridgehead atoms. The molecule has 3 aromatic carbocycles. The number of ether oxygens (including phenoxy) is 3. The Morgan fingerprint density at radius 1 is 1.00 bits per heavy atom. The molecule has 3 aromatic rings. The lowest BCUT2D eigenvalue weighted by atomic mass is 10.2. The van der Waals surface area contributed by atoms with Crippen molar-refractivity contribution < 1.29 is 23.4 Å². The minimum absolute atomic E-state index is 0.239. The van der Waals surface area contributed by atoms with Gasteiger partial charge in [0.2, 0.25) is 0 Å². The molecule has 30 heavy (non-hydrogen) atoms. The molecule has 0 heterocycles. The molecule has 1 N–H and O–H groups in total. The van der Waals surface area contributed by atoms with Crippen molar-refractivity contribution in [2.45, 2.75) is 6.61 Å². The molecule has 7 heteroatoms. The van der Waals surface area contributed by atoms with Gasteiger partial charge in [0.1, 0.15) is 29.7 Å². The van der Waals surface area contributed by atoms with Crippen LogP contribution in [0.4, 0.5) is 4.39 Å². The normalized spacial score (nSPS) is 10.6. The van der Waals surface area contributed by atoms with E-state index in [4.69, 9.17) is 14.2 Å². The molecule has 6 nitrogen and oxygen atoms in total. The van der Waals surface area contributed by atoms with Gasteiger partial charge >= 0.3 is 0 Å². The van der Waals surface area contributed by atoms with E-state index in [1.165, 1.54) is 30.5 Å². The Kier molecular flexibility index (Phi) is 7.38. The van der Waals surface area contributed by atoms with Crippen LogP contribution in [0, 0.1) is 5.82 Å². The second-order valence-corrected chi connectivity index (χ2v) is 6.21. The van der Waals surface area contributed by atoms with Gasteiger partial charge in [-0.3, -0.25) is 4.79 Å². The quantitative estimate of drug-likeness (QED) is 0.430. The van der Waals surface area contributed by atoms with E-state index in [0.29, 0.717) is 23.7 Å². The smallest absolute Gasteiger partial charge is 0.277 e. The Balaban J connectivity index is 1.52. The van der Waals surface area contributed by atoms with Gasteiger partial charge in [-0.05, 0) is 54.1 Å². The summed E-state index contributed by atoms with van der Waals surface area (Å²) in [5.41, 5.74) is 4.06. The summed E-state index contributed by atoms with van der Waals surface area (Å²) in [6.45, 7) is 0.122. The van der Waals surface area contributed by atoms with Crippen molar-refractivity contribution in [2.75, 3.05) is 13.7 Å². The molecule has 3 rings (SSSR count). The van der Waals surface area contributed by atoms with Crippen molar-refractivity contribution in [1.82, 2.24) is 5.43 Å². The minimum Gasteiger partial charge on any atom is -0.497 e. The van der Waals surface area contributed by atoms with E-state index < -0.39 is 5.91 Å². The van der Waals surface area contributed by atoms with Gasteiger partial charge < -0.3 is 14.2 Å². The highest BCUT2D eigenvalue weighted by atomic mass is 19.1. The van der Waals surface area contributed by atoms with Crippen molar-refractivity contribution in [3.63, 3.8) is 0 Å². The van der Waals surface area contributed by atoms with Crippen LogP contribution in [0.25, 0.3) is 0 Å². The van der Waals surface area contributed by atoms with Gasteiger partial charge in [-0.15, -0.1) is 0 Å². The lowest BCUT2D eigenvalue weighted by molar-refractivity contribution is -0.123. The van der Waals surface area contributed by atoms with E-state index >= 15 is 0 Å². The van der Waals surface area contributed by atoms with Gasteiger partial charge in [0.25, 0.3) is 5.91 Å². The second kappa shape index (κ2) is 10.6. The average Bonchev–Trinajstić information content (AvgIpc) is 2.78. The van der Waals surface area contributed by atoms with Crippen molar-refractivity contribution in [2.24, 2.45) is 5.10 Å². The van der Waals surface area contributed by atoms with Gasteiger partial charge in [-0.25, -0.2) is 9.82 Å². The number of hydrazone groups is 1. The highest BCUT2D eigenvalue weighted by Gasteiger charge is 2.04. The zero-order chi connectivity index (χ0) is 21.2. The number of amides is 1. The first-order chi connectivity index (χ1) is 14.6. The Labute approximate surface area is 173 Å². The zero-order valence-electron chi connectivity index (χ0n) is 16.4. The first kappa shape index (κ1) is 20.9. The van der Waals surface area contributed by atoms with Crippen LogP contribution in [0.2, 0.25) is 0 Å². The Morgan fingerprint density at radius 3 is 2.60 bits per heavy atom. The highest BCUT2D eigenvalue weighted by Crippen LogP contribution is 2.19. The summed E-state index contributed by atoms with van der Waals surface area (Å²) in [5.74, 6) is 0.971. The molecule has 0 atom stereocenters. The monoisotopic (exact) mass is 408 g/mol.